The zero-order valence-electron chi connectivity index (χ0n) is 8.95. The highest BCUT2D eigenvalue weighted by Gasteiger charge is 2.09. The molecule has 1 rings (SSSR count). The standard InChI is InChI=1S/C10H17N3O/c1-4-8(2)7-13(3)9-10(14)12-6-5-11-9/h5-6,8H,4,7H2,1-3H3,(H,12,14). The topological polar surface area (TPSA) is 49.0 Å². The molecule has 14 heavy (non-hydrogen) atoms. The van der Waals surface area contributed by atoms with Crippen LogP contribution in [0.2, 0.25) is 0 Å². The van der Waals surface area contributed by atoms with Gasteiger partial charge in [-0.1, -0.05) is 20.3 Å². The second-order valence-corrected chi connectivity index (χ2v) is 3.64. The largest absolute Gasteiger partial charge is 0.355 e. The van der Waals surface area contributed by atoms with Crippen molar-refractivity contribution >= 4 is 5.82 Å². The average molecular weight is 195 g/mol. The molecule has 4 nitrogen and oxygen atoms in total. The predicted octanol–water partition coefficient (Wildman–Crippen LogP) is 1.25. The van der Waals surface area contributed by atoms with Crippen molar-refractivity contribution in [2.45, 2.75) is 20.3 Å². The third-order valence-corrected chi connectivity index (χ3v) is 2.33. The van der Waals surface area contributed by atoms with E-state index in [0.717, 1.165) is 13.0 Å². The highest BCUT2D eigenvalue weighted by atomic mass is 16.1. The molecule has 0 aliphatic rings. The quantitative estimate of drug-likeness (QED) is 0.786. The molecule has 0 aromatic carbocycles. The van der Waals surface area contributed by atoms with Gasteiger partial charge in [0.05, 0.1) is 0 Å². The van der Waals surface area contributed by atoms with Gasteiger partial charge in [0.1, 0.15) is 0 Å². The molecule has 1 atom stereocenters. The van der Waals surface area contributed by atoms with E-state index in [-0.39, 0.29) is 5.56 Å². The molecule has 1 heterocycles. The lowest BCUT2D eigenvalue weighted by Crippen LogP contribution is -2.30. The summed E-state index contributed by atoms with van der Waals surface area (Å²) in [6, 6.07) is 0. The van der Waals surface area contributed by atoms with Gasteiger partial charge in [0.2, 0.25) is 0 Å². The second kappa shape index (κ2) is 4.79. The molecule has 0 aliphatic carbocycles. The normalized spacial score (nSPS) is 12.5. The van der Waals surface area contributed by atoms with Gasteiger partial charge >= 0.3 is 0 Å². The lowest BCUT2D eigenvalue weighted by Gasteiger charge is -2.20. The first-order valence-electron chi connectivity index (χ1n) is 4.90. The Hall–Kier alpha value is -1.32. The maximum Gasteiger partial charge on any atom is 0.290 e. The van der Waals surface area contributed by atoms with E-state index >= 15 is 0 Å². The Bertz CT molecular complexity index is 334. The Morgan fingerprint density at radius 2 is 2.36 bits per heavy atom. The average Bonchev–Trinajstić information content (AvgIpc) is 2.18. The summed E-state index contributed by atoms with van der Waals surface area (Å²) in [5.74, 6) is 1.06. The summed E-state index contributed by atoms with van der Waals surface area (Å²) in [6.45, 7) is 5.16. The molecule has 1 aromatic heterocycles. The van der Waals surface area contributed by atoms with Crippen molar-refractivity contribution in [1.29, 1.82) is 0 Å². The van der Waals surface area contributed by atoms with Crippen molar-refractivity contribution in [3.63, 3.8) is 0 Å². The molecule has 1 aromatic rings. The first kappa shape index (κ1) is 10.8. The number of hydrogen-bond acceptors (Lipinski definition) is 3. The van der Waals surface area contributed by atoms with Crippen LogP contribution in [0.25, 0.3) is 0 Å². The molecule has 1 unspecified atom stereocenters. The number of rotatable bonds is 4. The molecule has 78 valence electrons. The number of nitrogens with zero attached hydrogens (tertiary/aromatic N) is 2. The third kappa shape index (κ3) is 2.58. The van der Waals surface area contributed by atoms with Crippen molar-refractivity contribution in [3.8, 4) is 0 Å². The predicted molar refractivity (Wildman–Crippen MR) is 57.6 cm³/mol. The second-order valence-electron chi connectivity index (χ2n) is 3.64. The number of anilines is 1. The lowest BCUT2D eigenvalue weighted by molar-refractivity contribution is 0.556. The van der Waals surface area contributed by atoms with E-state index in [1.807, 2.05) is 11.9 Å². The Kier molecular flexibility index (Phi) is 3.68. The number of nitrogens with one attached hydrogen (secondary N) is 1. The summed E-state index contributed by atoms with van der Waals surface area (Å²) in [5.41, 5.74) is -0.127. The van der Waals surface area contributed by atoms with Crippen LogP contribution >= 0.6 is 0 Å². The van der Waals surface area contributed by atoms with Crippen molar-refractivity contribution in [1.82, 2.24) is 9.97 Å². The highest BCUT2D eigenvalue weighted by Crippen LogP contribution is 2.06. The summed E-state index contributed by atoms with van der Waals surface area (Å²) in [6.07, 6.45) is 4.25. The molecule has 0 saturated heterocycles. The minimum atomic E-state index is -0.127. The number of H-pyrrole nitrogens is 1. The molecule has 0 aliphatic heterocycles. The van der Waals surface area contributed by atoms with E-state index < -0.39 is 0 Å². The number of hydrogen-bond donors (Lipinski definition) is 1. The van der Waals surface area contributed by atoms with Gasteiger partial charge in [-0.3, -0.25) is 4.79 Å². The highest BCUT2D eigenvalue weighted by molar-refractivity contribution is 5.33. The van der Waals surface area contributed by atoms with Crippen LogP contribution in [0, 0.1) is 5.92 Å². The smallest absolute Gasteiger partial charge is 0.290 e. The fourth-order valence-corrected chi connectivity index (χ4v) is 1.30. The number of aromatic nitrogens is 2. The monoisotopic (exact) mass is 195 g/mol. The van der Waals surface area contributed by atoms with Gasteiger partial charge in [0.25, 0.3) is 5.56 Å². The molecule has 0 fully saturated rings. The molecular formula is C10H17N3O. The summed E-state index contributed by atoms with van der Waals surface area (Å²) in [5, 5.41) is 0. The summed E-state index contributed by atoms with van der Waals surface area (Å²) >= 11 is 0. The fraction of sp³-hybridized carbons (Fsp3) is 0.600. The Balaban J connectivity index is 2.74. The molecule has 0 saturated carbocycles. The molecular weight excluding hydrogens is 178 g/mol. The van der Waals surface area contributed by atoms with Gasteiger partial charge in [-0.25, -0.2) is 4.98 Å². The molecule has 0 radical (unpaired) electrons. The van der Waals surface area contributed by atoms with Crippen molar-refractivity contribution in [2.24, 2.45) is 5.92 Å². The maximum absolute atomic E-state index is 11.4. The minimum Gasteiger partial charge on any atom is -0.355 e. The minimum absolute atomic E-state index is 0.127. The first-order valence-corrected chi connectivity index (χ1v) is 4.90. The SMILES string of the molecule is CCC(C)CN(C)c1ncc[nH]c1=O. The Morgan fingerprint density at radius 1 is 1.64 bits per heavy atom. The van der Waals surface area contributed by atoms with Crippen LogP contribution in [-0.2, 0) is 0 Å². The van der Waals surface area contributed by atoms with Crippen LogP contribution in [0.4, 0.5) is 5.82 Å². The Labute approximate surface area is 84.0 Å². The van der Waals surface area contributed by atoms with Crippen LogP contribution in [0.3, 0.4) is 0 Å². The van der Waals surface area contributed by atoms with Crippen LogP contribution in [0.1, 0.15) is 20.3 Å². The van der Waals surface area contributed by atoms with Crippen LogP contribution in [0.15, 0.2) is 17.2 Å². The van der Waals surface area contributed by atoms with Gasteiger partial charge in [-0.15, -0.1) is 0 Å². The van der Waals surface area contributed by atoms with Crippen LogP contribution in [0.5, 0.6) is 0 Å². The van der Waals surface area contributed by atoms with E-state index in [1.165, 1.54) is 0 Å². The van der Waals surface area contributed by atoms with E-state index in [1.54, 1.807) is 12.4 Å². The zero-order chi connectivity index (χ0) is 10.6. The van der Waals surface area contributed by atoms with E-state index in [2.05, 4.69) is 23.8 Å². The van der Waals surface area contributed by atoms with Gasteiger partial charge in [-0.2, -0.15) is 0 Å². The summed E-state index contributed by atoms with van der Waals surface area (Å²) in [4.78, 5) is 19.9. The van der Waals surface area contributed by atoms with E-state index in [9.17, 15) is 4.79 Å². The maximum atomic E-state index is 11.4. The van der Waals surface area contributed by atoms with Crippen LogP contribution < -0.4 is 10.5 Å². The first-order chi connectivity index (χ1) is 6.65. The lowest BCUT2D eigenvalue weighted by atomic mass is 10.1. The van der Waals surface area contributed by atoms with E-state index in [4.69, 9.17) is 0 Å². The van der Waals surface area contributed by atoms with Crippen molar-refractivity contribution < 1.29 is 0 Å². The molecule has 1 N–H and O–H groups in total. The molecule has 0 amide bonds. The summed E-state index contributed by atoms with van der Waals surface area (Å²) < 4.78 is 0. The van der Waals surface area contributed by atoms with Gasteiger partial charge in [0.15, 0.2) is 5.82 Å². The fourth-order valence-electron chi connectivity index (χ4n) is 1.30. The van der Waals surface area contributed by atoms with Gasteiger partial charge < -0.3 is 9.88 Å². The summed E-state index contributed by atoms with van der Waals surface area (Å²) in [7, 11) is 1.89. The third-order valence-electron chi connectivity index (χ3n) is 2.33. The Morgan fingerprint density at radius 3 is 2.93 bits per heavy atom. The molecule has 4 heteroatoms. The number of aromatic amines is 1. The van der Waals surface area contributed by atoms with E-state index in [0.29, 0.717) is 11.7 Å². The van der Waals surface area contributed by atoms with Crippen molar-refractivity contribution in [3.05, 3.63) is 22.7 Å². The zero-order valence-corrected chi connectivity index (χ0v) is 8.95. The van der Waals surface area contributed by atoms with Crippen LogP contribution in [-0.4, -0.2) is 23.6 Å². The molecule has 0 bridgehead atoms. The molecule has 0 spiro atoms. The van der Waals surface area contributed by atoms with Crippen molar-refractivity contribution in [2.75, 3.05) is 18.5 Å². The van der Waals surface area contributed by atoms with Gasteiger partial charge in [0, 0.05) is 26.0 Å². The van der Waals surface area contributed by atoms with Gasteiger partial charge in [-0.05, 0) is 5.92 Å².